The molecule has 1 aliphatic rings. The van der Waals surface area contributed by atoms with E-state index in [1.807, 2.05) is 6.07 Å². The molecule has 1 aromatic heterocycles. The summed E-state index contributed by atoms with van der Waals surface area (Å²) in [6, 6.07) is 1.99. The van der Waals surface area contributed by atoms with Crippen molar-refractivity contribution in [2.75, 3.05) is 25.4 Å². The number of nitrogens with zero attached hydrogens (tertiary/aromatic N) is 5. The first-order chi connectivity index (χ1) is 8.19. The van der Waals surface area contributed by atoms with Gasteiger partial charge in [-0.05, 0) is 0 Å². The van der Waals surface area contributed by atoms with Crippen molar-refractivity contribution in [2.45, 2.75) is 12.6 Å². The van der Waals surface area contributed by atoms with Crippen LogP contribution >= 0.6 is 0 Å². The van der Waals surface area contributed by atoms with Gasteiger partial charge in [0, 0.05) is 6.54 Å². The van der Waals surface area contributed by atoms with Gasteiger partial charge < -0.3 is 15.4 Å². The summed E-state index contributed by atoms with van der Waals surface area (Å²) >= 11 is 0. The number of rotatable bonds is 2. The van der Waals surface area contributed by atoms with Crippen molar-refractivity contribution in [1.29, 1.82) is 5.26 Å². The molecule has 0 aromatic carbocycles. The van der Waals surface area contributed by atoms with Crippen molar-refractivity contribution < 1.29 is 9.53 Å². The highest BCUT2D eigenvalue weighted by Gasteiger charge is 2.24. The van der Waals surface area contributed by atoms with Gasteiger partial charge in [-0.1, -0.05) is 0 Å². The Morgan fingerprint density at radius 2 is 2.59 bits per heavy atom. The maximum Gasteiger partial charge on any atom is 0.244 e. The fourth-order valence-corrected chi connectivity index (χ4v) is 1.58. The molecule has 1 aromatic rings. The summed E-state index contributed by atoms with van der Waals surface area (Å²) in [5, 5.41) is 12.6. The highest BCUT2D eigenvalue weighted by Crippen LogP contribution is 2.05. The van der Waals surface area contributed by atoms with Gasteiger partial charge in [0.15, 0.2) is 6.10 Å². The summed E-state index contributed by atoms with van der Waals surface area (Å²) in [6.45, 7) is 1.23. The number of carbonyl (C=O) groups is 1. The fraction of sp³-hybridized carbons (Fsp3) is 0.556. The van der Waals surface area contributed by atoms with Crippen molar-refractivity contribution >= 4 is 11.9 Å². The lowest BCUT2D eigenvalue weighted by Crippen LogP contribution is -2.46. The zero-order chi connectivity index (χ0) is 12.3. The third kappa shape index (κ3) is 2.70. The first-order valence-electron chi connectivity index (χ1n) is 5.13. The SMILES string of the molecule is N#CC1CN(C(=O)Cn2cnc(N)n2)CCO1. The van der Waals surface area contributed by atoms with Gasteiger partial charge in [0.05, 0.1) is 19.2 Å². The number of aromatic nitrogens is 3. The molecule has 90 valence electrons. The second kappa shape index (κ2) is 4.80. The standard InChI is InChI=1S/C9H12N6O2/c10-3-7-4-14(1-2-17-7)8(16)5-15-6-12-9(11)13-15/h6-7H,1-2,4-5H2,(H2,11,13). The highest BCUT2D eigenvalue weighted by molar-refractivity contribution is 5.76. The van der Waals surface area contributed by atoms with E-state index in [2.05, 4.69) is 10.1 Å². The third-order valence-electron chi connectivity index (χ3n) is 2.41. The number of hydrogen-bond donors (Lipinski definition) is 1. The minimum absolute atomic E-state index is 0.0718. The van der Waals surface area contributed by atoms with Crippen molar-refractivity contribution in [3.63, 3.8) is 0 Å². The van der Waals surface area contributed by atoms with Crippen molar-refractivity contribution in [1.82, 2.24) is 19.7 Å². The van der Waals surface area contributed by atoms with E-state index in [0.29, 0.717) is 19.7 Å². The van der Waals surface area contributed by atoms with Gasteiger partial charge in [-0.25, -0.2) is 9.67 Å². The van der Waals surface area contributed by atoms with Crippen LogP contribution in [0.25, 0.3) is 0 Å². The highest BCUT2D eigenvalue weighted by atomic mass is 16.5. The van der Waals surface area contributed by atoms with Crippen LogP contribution in [0.4, 0.5) is 5.95 Å². The number of ether oxygens (including phenoxy) is 1. The molecule has 0 saturated carbocycles. The number of hydrogen-bond acceptors (Lipinski definition) is 6. The van der Waals surface area contributed by atoms with E-state index in [9.17, 15) is 4.79 Å². The maximum absolute atomic E-state index is 11.9. The average Bonchev–Trinajstić information content (AvgIpc) is 2.75. The first kappa shape index (κ1) is 11.3. The lowest BCUT2D eigenvalue weighted by atomic mass is 10.3. The minimum atomic E-state index is -0.548. The predicted octanol–water partition coefficient (Wildman–Crippen LogP) is -1.39. The fourth-order valence-electron chi connectivity index (χ4n) is 1.58. The molecule has 2 rings (SSSR count). The number of anilines is 1. The molecular formula is C9H12N6O2. The molecule has 1 atom stereocenters. The summed E-state index contributed by atoms with van der Waals surface area (Å²) in [6.07, 6.45) is 0.851. The van der Waals surface area contributed by atoms with Crippen LogP contribution in [0.5, 0.6) is 0 Å². The summed E-state index contributed by atoms with van der Waals surface area (Å²) in [7, 11) is 0. The molecule has 0 aliphatic carbocycles. The summed E-state index contributed by atoms with van der Waals surface area (Å²) in [5.41, 5.74) is 5.35. The smallest absolute Gasteiger partial charge is 0.244 e. The number of carbonyl (C=O) groups excluding carboxylic acids is 1. The van der Waals surface area contributed by atoms with Gasteiger partial charge in [-0.15, -0.1) is 5.10 Å². The van der Waals surface area contributed by atoms with E-state index < -0.39 is 6.10 Å². The van der Waals surface area contributed by atoms with Crippen LogP contribution in [-0.4, -0.2) is 51.4 Å². The van der Waals surface area contributed by atoms with Gasteiger partial charge in [0.25, 0.3) is 0 Å². The van der Waals surface area contributed by atoms with Gasteiger partial charge in [-0.2, -0.15) is 5.26 Å². The molecule has 17 heavy (non-hydrogen) atoms. The zero-order valence-electron chi connectivity index (χ0n) is 9.11. The monoisotopic (exact) mass is 236 g/mol. The van der Waals surface area contributed by atoms with E-state index >= 15 is 0 Å². The van der Waals surface area contributed by atoms with E-state index in [1.165, 1.54) is 11.0 Å². The maximum atomic E-state index is 11.9. The minimum Gasteiger partial charge on any atom is -0.367 e. The van der Waals surface area contributed by atoms with Gasteiger partial charge in [-0.3, -0.25) is 4.79 Å². The Kier molecular flexibility index (Phi) is 3.20. The molecule has 1 fully saturated rings. The van der Waals surface area contributed by atoms with Crippen molar-refractivity contribution in [3.05, 3.63) is 6.33 Å². The van der Waals surface area contributed by atoms with Crippen LogP contribution in [0.15, 0.2) is 6.33 Å². The van der Waals surface area contributed by atoms with Crippen LogP contribution in [0.1, 0.15) is 0 Å². The van der Waals surface area contributed by atoms with Crippen LogP contribution in [0.3, 0.4) is 0 Å². The van der Waals surface area contributed by atoms with Crippen molar-refractivity contribution in [3.8, 4) is 6.07 Å². The lowest BCUT2D eigenvalue weighted by Gasteiger charge is -2.29. The van der Waals surface area contributed by atoms with Gasteiger partial charge >= 0.3 is 0 Å². The van der Waals surface area contributed by atoms with E-state index in [-0.39, 0.29) is 18.4 Å². The molecular weight excluding hydrogens is 224 g/mol. The molecule has 8 heteroatoms. The van der Waals surface area contributed by atoms with Crippen LogP contribution < -0.4 is 5.73 Å². The quantitative estimate of drug-likeness (QED) is 0.677. The summed E-state index contributed by atoms with van der Waals surface area (Å²) in [5.74, 6) is 0.00753. The third-order valence-corrected chi connectivity index (χ3v) is 2.41. The molecule has 1 unspecified atom stereocenters. The van der Waals surface area contributed by atoms with Crippen LogP contribution in [-0.2, 0) is 16.1 Å². The van der Waals surface area contributed by atoms with Crippen LogP contribution in [0, 0.1) is 11.3 Å². The largest absolute Gasteiger partial charge is 0.367 e. The molecule has 8 nitrogen and oxygen atoms in total. The Balaban J connectivity index is 1.94. The summed E-state index contributed by atoms with van der Waals surface area (Å²) < 4.78 is 6.52. The Hall–Kier alpha value is -2.14. The van der Waals surface area contributed by atoms with E-state index in [0.717, 1.165) is 0 Å². The van der Waals surface area contributed by atoms with Crippen molar-refractivity contribution in [2.24, 2.45) is 0 Å². The Morgan fingerprint density at radius 3 is 3.24 bits per heavy atom. The number of nitrogens with two attached hydrogens (primary N) is 1. The molecule has 2 N–H and O–H groups in total. The molecule has 0 radical (unpaired) electrons. The van der Waals surface area contributed by atoms with Crippen LogP contribution in [0.2, 0.25) is 0 Å². The number of amides is 1. The molecule has 1 amide bonds. The zero-order valence-corrected chi connectivity index (χ0v) is 9.11. The Bertz CT molecular complexity index is 451. The summed E-state index contributed by atoms with van der Waals surface area (Å²) in [4.78, 5) is 17.2. The molecule has 0 spiro atoms. The Labute approximate surface area is 97.6 Å². The first-order valence-corrected chi connectivity index (χ1v) is 5.13. The van der Waals surface area contributed by atoms with Gasteiger partial charge in [0.2, 0.25) is 11.9 Å². The lowest BCUT2D eigenvalue weighted by molar-refractivity contribution is -0.137. The van der Waals surface area contributed by atoms with E-state index in [1.54, 1.807) is 4.90 Å². The molecule has 1 aliphatic heterocycles. The number of nitriles is 1. The molecule has 1 saturated heterocycles. The topological polar surface area (TPSA) is 110 Å². The average molecular weight is 236 g/mol. The molecule has 0 bridgehead atoms. The van der Waals surface area contributed by atoms with Gasteiger partial charge in [0.1, 0.15) is 12.9 Å². The van der Waals surface area contributed by atoms with E-state index in [4.69, 9.17) is 15.7 Å². The number of morpholine rings is 1. The second-order valence-electron chi connectivity index (χ2n) is 3.63. The molecule has 2 heterocycles. The Morgan fingerprint density at radius 1 is 1.76 bits per heavy atom. The predicted molar refractivity (Wildman–Crippen MR) is 56.4 cm³/mol. The normalized spacial score (nSPS) is 19.9. The second-order valence-corrected chi connectivity index (χ2v) is 3.63. The number of nitrogen functional groups attached to an aromatic ring is 1.